The summed E-state index contributed by atoms with van der Waals surface area (Å²) in [5, 5.41) is 0. The number of nitrogens with zero attached hydrogens (tertiary/aromatic N) is 1. The van der Waals surface area contributed by atoms with Gasteiger partial charge in [-0.3, -0.25) is 9.69 Å². The molecule has 0 N–H and O–H groups in total. The molecular weight excluding hydrogens is 218 g/mol. The van der Waals surface area contributed by atoms with Crippen LogP contribution in [0.3, 0.4) is 0 Å². The number of aryl methyl sites for hydroxylation is 1. The van der Waals surface area contributed by atoms with E-state index in [0.29, 0.717) is 5.78 Å². The summed E-state index contributed by atoms with van der Waals surface area (Å²) in [5.74, 6) is 0.327. The van der Waals surface area contributed by atoms with Gasteiger partial charge in [0.15, 0.2) is 5.78 Å². The molecule has 1 aliphatic carbocycles. The number of ketones is 1. The minimum absolute atomic E-state index is 0.225. The van der Waals surface area contributed by atoms with Crippen LogP contribution >= 0.6 is 11.3 Å². The zero-order valence-corrected chi connectivity index (χ0v) is 11.1. The van der Waals surface area contributed by atoms with Crippen molar-refractivity contribution in [2.24, 2.45) is 0 Å². The molecule has 1 aliphatic rings. The lowest BCUT2D eigenvalue weighted by molar-refractivity contribution is 0.0698. The second-order valence-electron chi connectivity index (χ2n) is 4.87. The van der Waals surface area contributed by atoms with E-state index in [-0.39, 0.29) is 5.54 Å². The zero-order chi connectivity index (χ0) is 11.8. The lowest BCUT2D eigenvalue weighted by atomic mass is 9.89. The maximum atomic E-state index is 12.6. The molecule has 0 atom stereocenters. The van der Waals surface area contributed by atoms with Gasteiger partial charge < -0.3 is 0 Å². The number of likely N-dealkylation sites (N-methyl/N-ethyl adjacent to an activating group) is 1. The van der Waals surface area contributed by atoms with Gasteiger partial charge in [0.1, 0.15) is 0 Å². The molecule has 16 heavy (non-hydrogen) atoms. The zero-order valence-electron chi connectivity index (χ0n) is 10.2. The summed E-state index contributed by atoms with van der Waals surface area (Å²) in [6.45, 7) is 2.05. The van der Waals surface area contributed by atoms with E-state index in [1.54, 1.807) is 11.3 Å². The van der Waals surface area contributed by atoms with Crippen molar-refractivity contribution in [3.8, 4) is 0 Å². The van der Waals surface area contributed by atoms with Crippen molar-refractivity contribution in [3.05, 3.63) is 21.9 Å². The normalized spacial score (nSPS) is 19.2. The van der Waals surface area contributed by atoms with E-state index >= 15 is 0 Å². The van der Waals surface area contributed by atoms with E-state index in [9.17, 15) is 4.79 Å². The van der Waals surface area contributed by atoms with Gasteiger partial charge in [-0.05, 0) is 46.0 Å². The van der Waals surface area contributed by atoms with Gasteiger partial charge in [0.2, 0.25) is 0 Å². The first-order chi connectivity index (χ1) is 7.56. The van der Waals surface area contributed by atoms with Crippen LogP contribution < -0.4 is 0 Å². The average molecular weight is 237 g/mol. The highest BCUT2D eigenvalue weighted by Crippen LogP contribution is 2.37. The molecule has 1 saturated carbocycles. The van der Waals surface area contributed by atoms with Crippen molar-refractivity contribution in [1.82, 2.24) is 4.90 Å². The summed E-state index contributed by atoms with van der Waals surface area (Å²) in [6, 6.07) is 4.02. The van der Waals surface area contributed by atoms with Crippen LogP contribution in [0, 0.1) is 6.92 Å². The number of hydrogen-bond donors (Lipinski definition) is 0. The first-order valence-corrected chi connectivity index (χ1v) is 6.66. The molecule has 88 valence electrons. The second kappa shape index (κ2) is 4.30. The van der Waals surface area contributed by atoms with Gasteiger partial charge in [0, 0.05) is 4.88 Å². The Kier molecular flexibility index (Phi) is 3.17. The maximum absolute atomic E-state index is 12.6. The SMILES string of the molecule is Cc1ccc(C(=O)C2(N(C)C)CCCC2)s1. The first-order valence-electron chi connectivity index (χ1n) is 5.85. The molecule has 0 aromatic carbocycles. The van der Waals surface area contributed by atoms with Gasteiger partial charge in [-0.25, -0.2) is 0 Å². The third-order valence-electron chi connectivity index (χ3n) is 3.67. The number of Topliss-reactive ketones (excluding diaryl/α,β-unsaturated/α-hetero) is 1. The second-order valence-corrected chi connectivity index (χ2v) is 6.16. The Balaban J connectivity index is 2.31. The first kappa shape index (κ1) is 11.8. The molecule has 0 radical (unpaired) electrons. The van der Waals surface area contributed by atoms with Crippen LogP contribution in [-0.4, -0.2) is 30.3 Å². The van der Waals surface area contributed by atoms with Gasteiger partial charge >= 0.3 is 0 Å². The third kappa shape index (κ3) is 1.82. The van der Waals surface area contributed by atoms with Gasteiger partial charge in [-0.15, -0.1) is 11.3 Å². The largest absolute Gasteiger partial charge is 0.297 e. The van der Waals surface area contributed by atoms with E-state index in [0.717, 1.165) is 17.7 Å². The summed E-state index contributed by atoms with van der Waals surface area (Å²) < 4.78 is 0. The Bertz CT molecular complexity index is 388. The lowest BCUT2D eigenvalue weighted by Gasteiger charge is -2.34. The summed E-state index contributed by atoms with van der Waals surface area (Å²) in [7, 11) is 4.06. The molecule has 0 amide bonds. The molecule has 2 rings (SSSR count). The van der Waals surface area contributed by atoms with E-state index in [1.165, 1.54) is 17.7 Å². The highest BCUT2D eigenvalue weighted by Gasteiger charge is 2.43. The van der Waals surface area contributed by atoms with Gasteiger partial charge in [0.05, 0.1) is 10.4 Å². The van der Waals surface area contributed by atoms with Crippen molar-refractivity contribution in [1.29, 1.82) is 0 Å². The van der Waals surface area contributed by atoms with E-state index in [1.807, 2.05) is 26.2 Å². The summed E-state index contributed by atoms with van der Waals surface area (Å²) in [5.41, 5.74) is -0.225. The minimum Gasteiger partial charge on any atom is -0.297 e. The molecular formula is C13H19NOS. The minimum atomic E-state index is -0.225. The van der Waals surface area contributed by atoms with Crippen molar-refractivity contribution in [2.75, 3.05) is 14.1 Å². The maximum Gasteiger partial charge on any atom is 0.192 e. The van der Waals surface area contributed by atoms with Crippen molar-refractivity contribution < 1.29 is 4.79 Å². The van der Waals surface area contributed by atoms with Crippen molar-refractivity contribution in [2.45, 2.75) is 38.1 Å². The summed E-state index contributed by atoms with van der Waals surface area (Å²) in [4.78, 5) is 16.9. The summed E-state index contributed by atoms with van der Waals surface area (Å²) in [6.07, 6.45) is 4.37. The third-order valence-corrected chi connectivity index (χ3v) is 4.67. The fraction of sp³-hybridized carbons (Fsp3) is 0.615. The van der Waals surface area contributed by atoms with Gasteiger partial charge in [0.25, 0.3) is 0 Å². The highest BCUT2D eigenvalue weighted by atomic mass is 32.1. The predicted octanol–water partition coefficient (Wildman–Crippen LogP) is 3.11. The summed E-state index contributed by atoms with van der Waals surface area (Å²) >= 11 is 1.62. The molecule has 1 heterocycles. The Hall–Kier alpha value is -0.670. The lowest BCUT2D eigenvalue weighted by Crippen LogP contribution is -2.48. The van der Waals surface area contributed by atoms with E-state index in [2.05, 4.69) is 11.8 Å². The number of hydrogen-bond acceptors (Lipinski definition) is 3. The average Bonchev–Trinajstić information content (AvgIpc) is 2.85. The molecule has 0 saturated heterocycles. The molecule has 1 fully saturated rings. The highest BCUT2D eigenvalue weighted by molar-refractivity contribution is 7.14. The van der Waals surface area contributed by atoms with Crippen molar-refractivity contribution >= 4 is 17.1 Å². The Morgan fingerprint density at radius 1 is 1.31 bits per heavy atom. The van der Waals surface area contributed by atoms with Gasteiger partial charge in [-0.2, -0.15) is 0 Å². The monoisotopic (exact) mass is 237 g/mol. The van der Waals surface area contributed by atoms with Crippen LogP contribution in [0.15, 0.2) is 12.1 Å². The van der Waals surface area contributed by atoms with Crippen LogP contribution in [0.1, 0.15) is 40.2 Å². The van der Waals surface area contributed by atoms with Crippen molar-refractivity contribution in [3.63, 3.8) is 0 Å². The smallest absolute Gasteiger partial charge is 0.192 e. The van der Waals surface area contributed by atoms with Crippen LogP contribution in [0.4, 0.5) is 0 Å². The molecule has 1 aromatic heterocycles. The number of carbonyl (C=O) groups is 1. The Morgan fingerprint density at radius 3 is 2.38 bits per heavy atom. The van der Waals surface area contributed by atoms with Crippen LogP contribution in [-0.2, 0) is 0 Å². The number of thiophene rings is 1. The number of carbonyl (C=O) groups excluding carboxylic acids is 1. The van der Waals surface area contributed by atoms with E-state index < -0.39 is 0 Å². The predicted molar refractivity (Wildman–Crippen MR) is 68.3 cm³/mol. The standard InChI is InChI=1S/C13H19NOS/c1-10-6-7-11(16-10)12(15)13(14(2)3)8-4-5-9-13/h6-7H,4-5,8-9H2,1-3H3. The Labute approximate surface area is 101 Å². The topological polar surface area (TPSA) is 20.3 Å². The molecule has 0 aliphatic heterocycles. The Morgan fingerprint density at radius 2 is 1.94 bits per heavy atom. The molecule has 2 nitrogen and oxygen atoms in total. The number of rotatable bonds is 3. The van der Waals surface area contributed by atoms with Gasteiger partial charge in [-0.1, -0.05) is 12.8 Å². The van der Waals surface area contributed by atoms with Crippen LogP contribution in [0.5, 0.6) is 0 Å². The molecule has 3 heteroatoms. The quantitative estimate of drug-likeness (QED) is 0.753. The molecule has 0 spiro atoms. The van der Waals surface area contributed by atoms with E-state index in [4.69, 9.17) is 0 Å². The molecule has 0 unspecified atom stereocenters. The fourth-order valence-corrected chi connectivity index (χ4v) is 3.52. The van der Waals surface area contributed by atoms with Crippen LogP contribution in [0.25, 0.3) is 0 Å². The molecule has 0 bridgehead atoms. The fourth-order valence-electron chi connectivity index (χ4n) is 2.62. The molecule has 1 aromatic rings. The van der Waals surface area contributed by atoms with Crippen LogP contribution in [0.2, 0.25) is 0 Å².